The number of carbonyl (C=O) groups is 2. The van der Waals surface area contributed by atoms with Crippen molar-refractivity contribution in [2.75, 3.05) is 17.7 Å². The van der Waals surface area contributed by atoms with Gasteiger partial charge in [0.15, 0.2) is 0 Å². The van der Waals surface area contributed by atoms with Crippen LogP contribution in [0.1, 0.15) is 42.6 Å². The maximum atomic E-state index is 12.6. The first-order valence-corrected chi connectivity index (χ1v) is 8.87. The Bertz CT molecular complexity index is 788. The number of ether oxygens (including phenoxy) is 1. The first-order valence-electron chi connectivity index (χ1n) is 8.50. The summed E-state index contributed by atoms with van der Waals surface area (Å²) in [7, 11) is 1.46. The molecule has 2 rings (SSSR count). The van der Waals surface area contributed by atoms with Crippen molar-refractivity contribution in [1.82, 2.24) is 0 Å². The molecule has 0 aromatic heterocycles. The molecule has 0 aliphatic carbocycles. The third kappa shape index (κ3) is 5.23. The Balaban J connectivity index is 2.18. The van der Waals surface area contributed by atoms with Crippen molar-refractivity contribution in [3.63, 3.8) is 0 Å². The number of amides is 2. The van der Waals surface area contributed by atoms with Gasteiger partial charge in [0.25, 0.3) is 5.91 Å². The molecule has 0 heterocycles. The van der Waals surface area contributed by atoms with Crippen LogP contribution in [0.25, 0.3) is 0 Å². The maximum absolute atomic E-state index is 12.6. The fourth-order valence-corrected chi connectivity index (χ4v) is 2.73. The van der Waals surface area contributed by atoms with Gasteiger partial charge >= 0.3 is 0 Å². The van der Waals surface area contributed by atoms with E-state index < -0.39 is 0 Å². The highest BCUT2D eigenvalue weighted by atomic mass is 35.5. The zero-order valence-corrected chi connectivity index (χ0v) is 15.9. The van der Waals surface area contributed by atoms with Crippen LogP contribution in [0, 0.1) is 0 Å². The quantitative estimate of drug-likeness (QED) is 0.724. The van der Waals surface area contributed by atoms with Crippen molar-refractivity contribution in [1.29, 1.82) is 0 Å². The van der Waals surface area contributed by atoms with Crippen molar-refractivity contribution >= 4 is 34.8 Å². The molecule has 26 heavy (non-hydrogen) atoms. The van der Waals surface area contributed by atoms with Gasteiger partial charge in [-0.15, -0.1) is 0 Å². The molecule has 0 saturated heterocycles. The lowest BCUT2D eigenvalue weighted by molar-refractivity contribution is -0.114. The summed E-state index contributed by atoms with van der Waals surface area (Å²) in [5.41, 5.74) is 2.62. The number of methoxy groups -OCH3 is 1. The summed E-state index contributed by atoms with van der Waals surface area (Å²) in [6, 6.07) is 10.8. The molecule has 0 unspecified atom stereocenters. The predicted molar refractivity (Wildman–Crippen MR) is 105 cm³/mol. The molecule has 0 aliphatic rings. The summed E-state index contributed by atoms with van der Waals surface area (Å²) >= 11 is 6.17. The van der Waals surface area contributed by atoms with Gasteiger partial charge in [-0.25, -0.2) is 0 Å². The second-order valence-corrected chi connectivity index (χ2v) is 6.38. The minimum atomic E-state index is -0.334. The molecule has 2 aromatic rings. The highest BCUT2D eigenvalue weighted by Gasteiger charge is 2.16. The maximum Gasteiger partial charge on any atom is 0.259 e. The van der Waals surface area contributed by atoms with Gasteiger partial charge in [-0.05, 0) is 36.6 Å². The third-order valence-corrected chi connectivity index (χ3v) is 4.19. The predicted octanol–water partition coefficient (Wildman–Crippen LogP) is 4.90. The van der Waals surface area contributed by atoms with Crippen molar-refractivity contribution < 1.29 is 14.3 Å². The summed E-state index contributed by atoms with van der Waals surface area (Å²) in [4.78, 5) is 23.8. The van der Waals surface area contributed by atoms with Crippen LogP contribution in [0.15, 0.2) is 36.4 Å². The van der Waals surface area contributed by atoms with Gasteiger partial charge in [-0.3, -0.25) is 9.59 Å². The van der Waals surface area contributed by atoms with E-state index in [-0.39, 0.29) is 16.8 Å². The fourth-order valence-electron chi connectivity index (χ4n) is 2.52. The number of halogens is 1. The lowest BCUT2D eigenvalue weighted by Crippen LogP contribution is -2.14. The van der Waals surface area contributed by atoms with Gasteiger partial charge in [-0.1, -0.05) is 37.1 Å². The Labute approximate surface area is 158 Å². The molecule has 0 bridgehead atoms. The molecule has 0 radical (unpaired) electrons. The number of hydrogen-bond donors (Lipinski definition) is 2. The number of aryl methyl sites for hydroxylation is 1. The van der Waals surface area contributed by atoms with Gasteiger partial charge in [0.05, 0.1) is 23.4 Å². The van der Waals surface area contributed by atoms with Crippen LogP contribution >= 0.6 is 11.6 Å². The number of rotatable bonds is 7. The second-order valence-electron chi connectivity index (χ2n) is 5.97. The molecular weight excluding hydrogens is 352 g/mol. The monoisotopic (exact) mass is 374 g/mol. The van der Waals surface area contributed by atoms with Crippen LogP contribution in [0.5, 0.6) is 5.75 Å². The van der Waals surface area contributed by atoms with Crippen LogP contribution in [0.4, 0.5) is 11.4 Å². The fraction of sp³-hybridized carbons (Fsp3) is 0.300. The van der Waals surface area contributed by atoms with Gasteiger partial charge in [0, 0.05) is 18.7 Å². The number of benzene rings is 2. The summed E-state index contributed by atoms with van der Waals surface area (Å²) in [6.07, 6.45) is 3.31. The van der Waals surface area contributed by atoms with Crippen LogP contribution in [0.3, 0.4) is 0 Å². The van der Waals surface area contributed by atoms with E-state index in [0.717, 1.165) is 19.3 Å². The molecule has 0 atom stereocenters. The van der Waals surface area contributed by atoms with Gasteiger partial charge in [0.2, 0.25) is 5.91 Å². The normalized spacial score (nSPS) is 10.3. The van der Waals surface area contributed by atoms with Crippen molar-refractivity contribution in [2.45, 2.75) is 33.1 Å². The first-order chi connectivity index (χ1) is 12.4. The van der Waals surface area contributed by atoms with E-state index in [1.165, 1.54) is 31.7 Å². The lowest BCUT2D eigenvalue weighted by Gasteiger charge is -2.13. The van der Waals surface area contributed by atoms with E-state index in [1.807, 2.05) is 24.3 Å². The average Bonchev–Trinajstić information content (AvgIpc) is 2.62. The van der Waals surface area contributed by atoms with E-state index in [4.69, 9.17) is 16.3 Å². The summed E-state index contributed by atoms with van der Waals surface area (Å²) < 4.78 is 5.27. The second kappa shape index (κ2) is 9.25. The van der Waals surface area contributed by atoms with E-state index >= 15 is 0 Å². The Hall–Kier alpha value is -2.53. The van der Waals surface area contributed by atoms with Crippen LogP contribution in [-0.2, 0) is 11.2 Å². The van der Waals surface area contributed by atoms with E-state index in [0.29, 0.717) is 22.7 Å². The summed E-state index contributed by atoms with van der Waals surface area (Å²) in [6.45, 7) is 3.54. The highest BCUT2D eigenvalue weighted by Crippen LogP contribution is 2.31. The van der Waals surface area contributed by atoms with E-state index in [2.05, 4.69) is 17.6 Å². The smallest absolute Gasteiger partial charge is 0.259 e. The van der Waals surface area contributed by atoms with Crippen molar-refractivity contribution in [3.8, 4) is 5.75 Å². The minimum absolute atomic E-state index is 0.255. The molecule has 0 aliphatic heterocycles. The molecule has 0 saturated carbocycles. The number of nitrogens with one attached hydrogen (secondary N) is 2. The Morgan fingerprint density at radius 1 is 1.12 bits per heavy atom. The van der Waals surface area contributed by atoms with Crippen LogP contribution < -0.4 is 15.4 Å². The van der Waals surface area contributed by atoms with Gasteiger partial charge in [-0.2, -0.15) is 0 Å². The molecule has 2 amide bonds. The standard InChI is InChI=1S/C20H23ClN2O3/c1-4-5-6-14-7-9-15(10-8-14)23-20(25)16-11-17(21)18(22-13(2)24)12-19(16)26-3/h7-12H,4-6H2,1-3H3,(H,22,24)(H,23,25). The molecule has 5 nitrogen and oxygen atoms in total. The Morgan fingerprint density at radius 2 is 1.81 bits per heavy atom. The largest absolute Gasteiger partial charge is 0.496 e. The molecule has 138 valence electrons. The molecule has 2 aromatic carbocycles. The number of unbranched alkanes of at least 4 members (excludes halogenated alkanes) is 1. The van der Waals surface area contributed by atoms with Crippen LogP contribution in [0.2, 0.25) is 5.02 Å². The van der Waals surface area contributed by atoms with Gasteiger partial charge in [0.1, 0.15) is 5.75 Å². The number of carbonyl (C=O) groups excluding carboxylic acids is 2. The number of hydrogen-bond acceptors (Lipinski definition) is 3. The highest BCUT2D eigenvalue weighted by molar-refractivity contribution is 6.34. The summed E-state index contributed by atoms with van der Waals surface area (Å²) in [5.74, 6) is -0.260. The SMILES string of the molecule is CCCCc1ccc(NC(=O)c2cc(Cl)c(NC(C)=O)cc2OC)cc1. The zero-order valence-electron chi connectivity index (χ0n) is 15.2. The average molecular weight is 375 g/mol. The minimum Gasteiger partial charge on any atom is -0.496 e. The van der Waals surface area contributed by atoms with Crippen molar-refractivity contribution in [2.24, 2.45) is 0 Å². The molecule has 2 N–H and O–H groups in total. The molecule has 0 spiro atoms. The third-order valence-electron chi connectivity index (χ3n) is 3.88. The Kier molecular flexibility index (Phi) is 7.04. The number of anilines is 2. The topological polar surface area (TPSA) is 67.4 Å². The lowest BCUT2D eigenvalue weighted by atomic mass is 10.1. The van der Waals surface area contributed by atoms with Crippen LogP contribution in [-0.4, -0.2) is 18.9 Å². The van der Waals surface area contributed by atoms with E-state index in [9.17, 15) is 9.59 Å². The first kappa shape index (κ1) is 19.8. The molecule has 0 fully saturated rings. The van der Waals surface area contributed by atoms with E-state index in [1.54, 1.807) is 0 Å². The molecule has 6 heteroatoms. The Morgan fingerprint density at radius 3 is 2.38 bits per heavy atom. The van der Waals surface area contributed by atoms with Crippen molar-refractivity contribution in [3.05, 3.63) is 52.5 Å². The molecular formula is C20H23ClN2O3. The summed E-state index contributed by atoms with van der Waals surface area (Å²) in [5, 5.41) is 5.71. The zero-order chi connectivity index (χ0) is 19.1. The van der Waals surface area contributed by atoms with Gasteiger partial charge < -0.3 is 15.4 Å².